The van der Waals surface area contributed by atoms with Gasteiger partial charge >= 0.3 is 19.5 Å². The quantitative estimate of drug-likeness (QED) is 0.133. The Hall–Kier alpha value is -5.31. The summed E-state index contributed by atoms with van der Waals surface area (Å²) in [6.07, 6.45) is 7.51. The second kappa shape index (κ2) is 18.6. The molecule has 4 aromatic carbocycles. The van der Waals surface area contributed by atoms with Crippen molar-refractivity contribution >= 4 is 5.57 Å². The molecule has 0 aliphatic heterocycles. The molecule has 0 saturated carbocycles. The summed E-state index contributed by atoms with van der Waals surface area (Å²) in [5, 5.41) is 0. The zero-order chi connectivity index (χ0) is 31.8. The van der Waals surface area contributed by atoms with Crippen molar-refractivity contribution in [1.29, 1.82) is 0 Å². The second-order valence-corrected chi connectivity index (χ2v) is 10.2. The maximum absolute atomic E-state index is 4.35. The summed E-state index contributed by atoms with van der Waals surface area (Å²) in [6, 6.07) is 57.7. The zero-order valence-electron chi connectivity index (χ0n) is 26.3. The molecule has 0 N–H and O–H groups in total. The predicted octanol–water partition coefficient (Wildman–Crippen LogP) is 10.7. The maximum atomic E-state index is 4.35. The van der Waals surface area contributed by atoms with Crippen LogP contribution in [0.4, 0.5) is 0 Å². The predicted molar refractivity (Wildman–Crippen MR) is 190 cm³/mol. The van der Waals surface area contributed by atoms with Gasteiger partial charge in [0.05, 0.1) is 0 Å². The molecule has 0 fully saturated rings. The van der Waals surface area contributed by atoms with Crippen LogP contribution in [-0.2, 0) is 19.5 Å². The molecule has 0 aliphatic carbocycles. The average Bonchev–Trinajstić information content (AvgIpc) is 3.17. The van der Waals surface area contributed by atoms with Gasteiger partial charge in [-0.05, 0) is 60.3 Å². The van der Waals surface area contributed by atoms with E-state index in [1.807, 2.05) is 109 Å². The Labute approximate surface area is 291 Å². The van der Waals surface area contributed by atoms with Crippen LogP contribution in [0.3, 0.4) is 0 Å². The van der Waals surface area contributed by atoms with Gasteiger partial charge in [0, 0.05) is 18.6 Å². The van der Waals surface area contributed by atoms with Gasteiger partial charge in [-0.1, -0.05) is 77.9 Å². The summed E-state index contributed by atoms with van der Waals surface area (Å²) in [5.74, 6) is 0. The third-order valence-electron chi connectivity index (χ3n) is 7.16. The van der Waals surface area contributed by atoms with Crippen molar-refractivity contribution in [3.63, 3.8) is 0 Å². The Morgan fingerprint density at radius 2 is 0.936 bits per heavy atom. The van der Waals surface area contributed by atoms with Crippen molar-refractivity contribution in [2.75, 3.05) is 0 Å². The van der Waals surface area contributed by atoms with Crippen molar-refractivity contribution < 1.29 is 19.5 Å². The van der Waals surface area contributed by atoms with Crippen LogP contribution in [0.25, 0.3) is 50.5 Å². The molecule has 0 radical (unpaired) electrons. The van der Waals surface area contributed by atoms with E-state index in [4.69, 9.17) is 0 Å². The van der Waals surface area contributed by atoms with Crippen LogP contribution in [0.15, 0.2) is 170 Å². The van der Waals surface area contributed by atoms with Crippen LogP contribution in [0.1, 0.15) is 19.4 Å². The van der Waals surface area contributed by atoms with Crippen LogP contribution in [0, 0.1) is 18.2 Å². The van der Waals surface area contributed by atoms with Gasteiger partial charge < -0.3 is 15.0 Å². The molecule has 0 amide bonds. The largest absolute Gasteiger partial charge is 3.00 e. The Morgan fingerprint density at radius 3 is 1.30 bits per heavy atom. The maximum Gasteiger partial charge on any atom is 3.00 e. The molecule has 47 heavy (non-hydrogen) atoms. The van der Waals surface area contributed by atoms with Crippen molar-refractivity contribution in [3.8, 4) is 44.9 Å². The number of hydrogen-bond donors (Lipinski definition) is 0. The Bertz CT molecular complexity index is 1740. The number of nitrogens with zero attached hydrogens (tertiary/aromatic N) is 3. The Kier molecular flexibility index (Phi) is 13.7. The summed E-state index contributed by atoms with van der Waals surface area (Å²) >= 11 is 0. The fourth-order valence-corrected chi connectivity index (χ4v) is 4.53. The minimum atomic E-state index is 0. The average molecular weight is 696 g/mol. The number of allylic oxidation sites excluding steroid dienone is 2. The SMILES string of the molecule is CC=C(C)c1ccc(-c2c[c-]c(-c3ccccn3)cc2)cc1.[Rh+3].[c-]1ccccc1-c1ccccn1.[c-]1ccccc1-c1ccccn1. The van der Waals surface area contributed by atoms with Crippen molar-refractivity contribution in [3.05, 3.63) is 194 Å². The first-order chi connectivity index (χ1) is 22.7. The summed E-state index contributed by atoms with van der Waals surface area (Å²) in [5.41, 5.74) is 10.9. The molecule has 3 aromatic heterocycles. The summed E-state index contributed by atoms with van der Waals surface area (Å²) in [6.45, 7) is 4.19. The van der Waals surface area contributed by atoms with E-state index in [0.29, 0.717) is 0 Å². The van der Waals surface area contributed by atoms with Crippen LogP contribution in [0.2, 0.25) is 0 Å². The number of hydrogen-bond acceptors (Lipinski definition) is 3. The van der Waals surface area contributed by atoms with Crippen LogP contribution in [0.5, 0.6) is 0 Å². The second-order valence-electron chi connectivity index (χ2n) is 10.2. The van der Waals surface area contributed by atoms with Crippen molar-refractivity contribution in [2.24, 2.45) is 0 Å². The number of aromatic nitrogens is 3. The monoisotopic (exact) mass is 695 g/mol. The molecule has 0 aliphatic rings. The third-order valence-corrected chi connectivity index (χ3v) is 7.16. The van der Waals surface area contributed by atoms with Gasteiger partial charge in [-0.15, -0.1) is 102 Å². The van der Waals surface area contributed by atoms with Gasteiger partial charge in [0.2, 0.25) is 0 Å². The van der Waals surface area contributed by atoms with E-state index in [0.717, 1.165) is 33.8 Å². The molecule has 230 valence electrons. The van der Waals surface area contributed by atoms with E-state index in [-0.39, 0.29) is 19.5 Å². The van der Waals surface area contributed by atoms with E-state index in [9.17, 15) is 0 Å². The number of rotatable bonds is 5. The topological polar surface area (TPSA) is 38.7 Å². The minimum absolute atomic E-state index is 0. The summed E-state index contributed by atoms with van der Waals surface area (Å²) in [7, 11) is 0. The Balaban J connectivity index is 0.000000170. The fourth-order valence-electron chi connectivity index (χ4n) is 4.53. The van der Waals surface area contributed by atoms with Gasteiger partial charge in [-0.2, -0.15) is 0 Å². The molecule has 0 atom stereocenters. The molecular formula is C43H34N3Rh. The van der Waals surface area contributed by atoms with Gasteiger partial charge in [0.25, 0.3) is 0 Å². The van der Waals surface area contributed by atoms with E-state index in [1.54, 1.807) is 18.6 Å². The molecule has 0 spiro atoms. The van der Waals surface area contributed by atoms with Gasteiger partial charge in [-0.3, -0.25) is 0 Å². The number of benzene rings is 4. The normalized spacial score (nSPS) is 10.3. The molecule has 7 aromatic rings. The van der Waals surface area contributed by atoms with Crippen LogP contribution < -0.4 is 0 Å². The standard InChI is InChI=1S/C21H18N.2C11H8N.Rh/c1-3-16(2)17-7-9-18(10-8-17)19-11-13-20(14-12-19)21-6-4-5-15-22-21;2*1-2-6-10(7-3-1)11-8-4-5-9-12-11;/h3-13,15H,1-2H3;2*1-6,8-9H;/q3*-1;+3. The zero-order valence-corrected chi connectivity index (χ0v) is 28.0. The fraction of sp³-hybridized carbons (Fsp3) is 0.0465. The molecule has 0 unspecified atom stereocenters. The van der Waals surface area contributed by atoms with Gasteiger partial charge in [0.15, 0.2) is 0 Å². The third kappa shape index (κ3) is 10.4. The summed E-state index contributed by atoms with van der Waals surface area (Å²) in [4.78, 5) is 12.8. The first kappa shape index (κ1) is 34.6. The van der Waals surface area contributed by atoms with Crippen LogP contribution in [-0.4, -0.2) is 15.0 Å². The molecule has 0 saturated heterocycles. The van der Waals surface area contributed by atoms with Crippen molar-refractivity contribution in [1.82, 2.24) is 15.0 Å². The van der Waals surface area contributed by atoms with Gasteiger partial charge in [0.1, 0.15) is 0 Å². The smallest absolute Gasteiger partial charge is 0.305 e. The molecule has 4 heteroatoms. The summed E-state index contributed by atoms with van der Waals surface area (Å²) < 4.78 is 0. The molecule has 0 bridgehead atoms. The molecule has 3 nitrogen and oxygen atoms in total. The van der Waals surface area contributed by atoms with Crippen LogP contribution >= 0.6 is 0 Å². The molecule has 7 rings (SSSR count). The first-order valence-electron chi connectivity index (χ1n) is 15.1. The van der Waals surface area contributed by atoms with Crippen molar-refractivity contribution in [2.45, 2.75) is 13.8 Å². The Morgan fingerprint density at radius 1 is 0.489 bits per heavy atom. The molecule has 3 heterocycles. The minimum Gasteiger partial charge on any atom is -0.305 e. The van der Waals surface area contributed by atoms with E-state index >= 15 is 0 Å². The first-order valence-corrected chi connectivity index (χ1v) is 15.1. The number of pyridine rings is 3. The van der Waals surface area contributed by atoms with E-state index < -0.39 is 0 Å². The van der Waals surface area contributed by atoms with E-state index in [2.05, 4.69) is 89.5 Å². The molecular weight excluding hydrogens is 661 g/mol. The van der Waals surface area contributed by atoms with Gasteiger partial charge in [-0.25, -0.2) is 0 Å². The van der Waals surface area contributed by atoms with E-state index in [1.165, 1.54) is 22.3 Å².